The molecule has 0 radical (unpaired) electrons. The van der Waals surface area contributed by atoms with E-state index in [9.17, 15) is 0 Å². The molecule has 68 valence electrons. The van der Waals surface area contributed by atoms with Gasteiger partial charge in [0.15, 0.2) is 0 Å². The van der Waals surface area contributed by atoms with Crippen molar-refractivity contribution >= 4 is 6.08 Å². The van der Waals surface area contributed by atoms with Crippen LogP contribution in [0.1, 0.15) is 24.0 Å². The van der Waals surface area contributed by atoms with Crippen LogP contribution in [0.4, 0.5) is 0 Å². The normalized spacial score (nSPS) is 13.2. The monoisotopic (exact) mass is 175 g/mol. The number of benzene rings is 1. The van der Waals surface area contributed by atoms with Crippen molar-refractivity contribution in [3.05, 3.63) is 35.4 Å². The Hall–Kier alpha value is -1.40. The first-order valence-corrected chi connectivity index (χ1v) is 4.49. The van der Waals surface area contributed by atoms with Crippen molar-refractivity contribution in [3.8, 4) is 0 Å². The summed E-state index contributed by atoms with van der Waals surface area (Å²) >= 11 is 0. The molecule has 0 spiro atoms. The SMILES string of the molecule is N=C=O.c1ccc2c(c1)CCCC2. The van der Waals surface area contributed by atoms with E-state index in [0.717, 1.165) is 6.08 Å². The Morgan fingerprint density at radius 2 is 1.46 bits per heavy atom. The summed E-state index contributed by atoms with van der Waals surface area (Å²) in [4.78, 5) is 8.35. The molecule has 1 aromatic carbocycles. The largest absolute Gasteiger partial charge is 0.231 e. The van der Waals surface area contributed by atoms with Gasteiger partial charge in [0.25, 0.3) is 0 Å². The number of aryl methyl sites for hydroxylation is 2. The van der Waals surface area contributed by atoms with Crippen molar-refractivity contribution in [2.75, 3.05) is 0 Å². The Labute approximate surface area is 78.1 Å². The third-order valence-corrected chi connectivity index (χ3v) is 2.26. The summed E-state index contributed by atoms with van der Waals surface area (Å²) in [5.74, 6) is 0. The number of isocyanates is 1. The van der Waals surface area contributed by atoms with E-state index in [1.807, 2.05) is 0 Å². The van der Waals surface area contributed by atoms with E-state index in [1.165, 1.54) is 25.7 Å². The minimum absolute atomic E-state index is 0.750. The van der Waals surface area contributed by atoms with Crippen LogP contribution in [-0.4, -0.2) is 6.08 Å². The zero-order chi connectivity index (χ0) is 9.52. The molecular formula is C11H13NO. The maximum absolute atomic E-state index is 8.35. The lowest BCUT2D eigenvalue weighted by Gasteiger charge is -2.13. The summed E-state index contributed by atoms with van der Waals surface area (Å²) in [6.07, 6.45) is 6.13. The Morgan fingerprint density at radius 1 is 1.08 bits per heavy atom. The van der Waals surface area contributed by atoms with Crippen LogP contribution < -0.4 is 0 Å². The molecule has 0 aliphatic heterocycles. The van der Waals surface area contributed by atoms with Crippen LogP contribution in [0.15, 0.2) is 24.3 Å². The molecule has 1 aliphatic carbocycles. The molecule has 2 rings (SSSR count). The van der Waals surface area contributed by atoms with Crippen molar-refractivity contribution in [1.29, 1.82) is 5.41 Å². The van der Waals surface area contributed by atoms with Crippen LogP contribution in [0.2, 0.25) is 0 Å². The number of rotatable bonds is 0. The summed E-state index contributed by atoms with van der Waals surface area (Å²) in [5.41, 5.74) is 3.16. The number of nitrogens with one attached hydrogen (secondary N) is 1. The fourth-order valence-corrected chi connectivity index (χ4v) is 1.68. The van der Waals surface area contributed by atoms with Crippen molar-refractivity contribution in [2.24, 2.45) is 0 Å². The van der Waals surface area contributed by atoms with E-state index >= 15 is 0 Å². The van der Waals surface area contributed by atoms with Gasteiger partial charge in [0.2, 0.25) is 6.08 Å². The second-order valence-corrected chi connectivity index (χ2v) is 3.08. The molecule has 0 saturated heterocycles. The lowest BCUT2D eigenvalue weighted by molar-refractivity contribution is 0.563. The maximum atomic E-state index is 8.35. The first kappa shape index (κ1) is 9.69. The molecule has 0 heterocycles. The highest BCUT2D eigenvalue weighted by molar-refractivity contribution is 5.28. The minimum Gasteiger partial charge on any atom is -0.222 e. The average molecular weight is 175 g/mol. The van der Waals surface area contributed by atoms with Gasteiger partial charge >= 0.3 is 0 Å². The average Bonchev–Trinajstić information content (AvgIpc) is 2.19. The second-order valence-electron chi connectivity index (χ2n) is 3.08. The fourth-order valence-electron chi connectivity index (χ4n) is 1.68. The van der Waals surface area contributed by atoms with Gasteiger partial charge in [-0.1, -0.05) is 24.3 Å². The Kier molecular flexibility index (Phi) is 3.94. The molecule has 1 aliphatic rings. The Morgan fingerprint density at radius 3 is 1.85 bits per heavy atom. The molecule has 2 nitrogen and oxygen atoms in total. The minimum atomic E-state index is 0.750. The Balaban J connectivity index is 0.000000251. The van der Waals surface area contributed by atoms with Crippen LogP contribution in [0.5, 0.6) is 0 Å². The van der Waals surface area contributed by atoms with E-state index in [1.54, 1.807) is 11.1 Å². The topological polar surface area (TPSA) is 40.9 Å². The first-order chi connectivity index (χ1) is 6.38. The highest BCUT2D eigenvalue weighted by Gasteiger charge is 2.05. The van der Waals surface area contributed by atoms with Crippen molar-refractivity contribution < 1.29 is 4.79 Å². The second kappa shape index (κ2) is 5.28. The summed E-state index contributed by atoms with van der Waals surface area (Å²) in [7, 11) is 0. The lowest BCUT2D eigenvalue weighted by atomic mass is 9.92. The molecule has 0 fully saturated rings. The molecule has 2 heteroatoms. The van der Waals surface area contributed by atoms with E-state index in [2.05, 4.69) is 24.3 Å². The van der Waals surface area contributed by atoms with Gasteiger partial charge in [0, 0.05) is 0 Å². The highest BCUT2D eigenvalue weighted by atomic mass is 16.1. The predicted octanol–water partition coefficient (Wildman–Crippen LogP) is 2.47. The number of hydrogen-bond acceptors (Lipinski definition) is 2. The summed E-state index contributed by atoms with van der Waals surface area (Å²) in [5, 5.41) is 5.40. The van der Waals surface area contributed by atoms with Gasteiger partial charge in [-0.05, 0) is 36.8 Å². The van der Waals surface area contributed by atoms with E-state index in [0.29, 0.717) is 0 Å². The lowest BCUT2D eigenvalue weighted by Crippen LogP contribution is -2.00. The molecule has 0 aromatic heterocycles. The third-order valence-electron chi connectivity index (χ3n) is 2.26. The van der Waals surface area contributed by atoms with Crippen molar-refractivity contribution in [1.82, 2.24) is 0 Å². The summed E-state index contributed by atoms with van der Waals surface area (Å²) in [6.45, 7) is 0. The number of fused-ring (bicyclic) bond motifs is 1. The van der Waals surface area contributed by atoms with E-state index in [-0.39, 0.29) is 0 Å². The zero-order valence-electron chi connectivity index (χ0n) is 7.55. The van der Waals surface area contributed by atoms with Crippen LogP contribution in [0.25, 0.3) is 0 Å². The Bertz CT molecular complexity index is 276. The van der Waals surface area contributed by atoms with Gasteiger partial charge < -0.3 is 0 Å². The molecule has 13 heavy (non-hydrogen) atoms. The number of carbonyl (C=O) groups excluding carboxylic acids is 1. The van der Waals surface area contributed by atoms with Crippen LogP contribution in [0.3, 0.4) is 0 Å². The zero-order valence-corrected chi connectivity index (χ0v) is 7.55. The molecular weight excluding hydrogens is 162 g/mol. The van der Waals surface area contributed by atoms with Gasteiger partial charge in [-0.3, -0.25) is 0 Å². The molecule has 0 saturated carbocycles. The van der Waals surface area contributed by atoms with Gasteiger partial charge in [-0.15, -0.1) is 0 Å². The smallest absolute Gasteiger partial charge is 0.222 e. The highest BCUT2D eigenvalue weighted by Crippen LogP contribution is 2.19. The van der Waals surface area contributed by atoms with Crippen LogP contribution in [-0.2, 0) is 17.6 Å². The summed E-state index contributed by atoms with van der Waals surface area (Å²) < 4.78 is 0. The van der Waals surface area contributed by atoms with E-state index in [4.69, 9.17) is 10.2 Å². The van der Waals surface area contributed by atoms with Crippen molar-refractivity contribution in [2.45, 2.75) is 25.7 Å². The summed E-state index contributed by atoms with van der Waals surface area (Å²) in [6, 6.07) is 8.80. The standard InChI is InChI=1S/C10H12.CHNO/c1-2-6-10-8-4-3-7-9(10)5-1;2-1-3/h1-2,5-6H,3-4,7-8H2;2H. The quantitative estimate of drug-likeness (QED) is 0.477. The van der Waals surface area contributed by atoms with Gasteiger partial charge in [-0.2, -0.15) is 0 Å². The predicted molar refractivity (Wildman–Crippen MR) is 51.5 cm³/mol. The van der Waals surface area contributed by atoms with Gasteiger partial charge in [0.05, 0.1) is 0 Å². The molecule has 0 unspecified atom stereocenters. The first-order valence-electron chi connectivity index (χ1n) is 4.49. The van der Waals surface area contributed by atoms with Crippen LogP contribution in [0, 0.1) is 5.41 Å². The number of hydrogen-bond donors (Lipinski definition) is 1. The molecule has 0 amide bonds. The third kappa shape index (κ3) is 2.85. The molecule has 1 aromatic rings. The fraction of sp³-hybridized carbons (Fsp3) is 0.364. The maximum Gasteiger partial charge on any atom is 0.231 e. The van der Waals surface area contributed by atoms with Crippen LogP contribution >= 0.6 is 0 Å². The van der Waals surface area contributed by atoms with Crippen molar-refractivity contribution in [3.63, 3.8) is 0 Å². The molecule has 0 atom stereocenters. The molecule has 1 N–H and O–H groups in total. The van der Waals surface area contributed by atoms with Gasteiger partial charge in [0.1, 0.15) is 0 Å². The molecule has 0 bridgehead atoms. The van der Waals surface area contributed by atoms with E-state index < -0.39 is 0 Å². The van der Waals surface area contributed by atoms with Gasteiger partial charge in [-0.25, -0.2) is 10.2 Å².